The number of nitrogens with one attached hydrogen (secondary N) is 1. The first-order valence-corrected chi connectivity index (χ1v) is 8.24. The number of amides is 2. The van der Waals surface area contributed by atoms with Crippen LogP contribution in [0.25, 0.3) is 0 Å². The molecule has 1 aliphatic heterocycles. The topological polar surface area (TPSA) is 67.2 Å². The predicted octanol–water partition coefficient (Wildman–Crippen LogP) is 3.11. The number of carbonyl (C=O) groups is 2. The molecule has 3 rings (SSSR count). The molecule has 2 heterocycles. The van der Waals surface area contributed by atoms with Gasteiger partial charge in [0.05, 0.1) is 12.1 Å². The highest BCUT2D eigenvalue weighted by atomic mass is 35.5. The van der Waals surface area contributed by atoms with Crippen molar-refractivity contribution < 1.29 is 9.59 Å². The number of halogens is 1. The van der Waals surface area contributed by atoms with Crippen LogP contribution < -0.4 is 10.2 Å². The molecule has 2 aromatic rings. The van der Waals surface area contributed by atoms with Gasteiger partial charge in [-0.2, -0.15) is 5.10 Å². The summed E-state index contributed by atoms with van der Waals surface area (Å²) in [6.45, 7) is 4.33. The Balaban J connectivity index is 1.71. The van der Waals surface area contributed by atoms with E-state index in [-0.39, 0.29) is 24.3 Å². The van der Waals surface area contributed by atoms with E-state index < -0.39 is 5.92 Å². The summed E-state index contributed by atoms with van der Waals surface area (Å²) in [5, 5.41) is 7.63. The standard InChI is InChI=1S/C17H19ClN4O2/c1-11(2)22-15(6-7-19-22)20-17(24)12-8-16(23)21(10-12)14-5-3-4-13(18)9-14/h3-7,9,11-12H,8,10H2,1-2H3,(H,20,24). The maximum Gasteiger partial charge on any atom is 0.230 e. The zero-order chi connectivity index (χ0) is 17.3. The molecule has 6 nitrogen and oxygen atoms in total. The quantitative estimate of drug-likeness (QED) is 0.924. The highest BCUT2D eigenvalue weighted by Crippen LogP contribution is 2.28. The van der Waals surface area contributed by atoms with Gasteiger partial charge in [-0.15, -0.1) is 0 Å². The lowest BCUT2D eigenvalue weighted by Crippen LogP contribution is -2.28. The van der Waals surface area contributed by atoms with Crippen molar-refractivity contribution in [3.8, 4) is 0 Å². The lowest BCUT2D eigenvalue weighted by atomic mass is 10.1. The lowest BCUT2D eigenvalue weighted by Gasteiger charge is -2.17. The van der Waals surface area contributed by atoms with Crippen LogP contribution in [0.4, 0.5) is 11.5 Å². The number of anilines is 2. The SMILES string of the molecule is CC(C)n1nccc1NC(=O)C1CC(=O)N(c2cccc(Cl)c2)C1. The number of hydrogen-bond acceptors (Lipinski definition) is 3. The highest BCUT2D eigenvalue weighted by molar-refractivity contribution is 6.31. The molecule has 0 saturated carbocycles. The van der Waals surface area contributed by atoms with Crippen molar-refractivity contribution in [1.29, 1.82) is 0 Å². The van der Waals surface area contributed by atoms with E-state index in [1.165, 1.54) is 0 Å². The highest BCUT2D eigenvalue weighted by Gasteiger charge is 2.35. The molecule has 0 bridgehead atoms. The average molecular weight is 347 g/mol. The number of carbonyl (C=O) groups excluding carboxylic acids is 2. The van der Waals surface area contributed by atoms with Gasteiger partial charge in [0.2, 0.25) is 11.8 Å². The first-order chi connectivity index (χ1) is 11.5. The summed E-state index contributed by atoms with van der Waals surface area (Å²) < 4.78 is 1.74. The Hall–Kier alpha value is -2.34. The van der Waals surface area contributed by atoms with Gasteiger partial charge in [0.25, 0.3) is 0 Å². The number of aromatic nitrogens is 2. The van der Waals surface area contributed by atoms with Crippen molar-refractivity contribution in [2.75, 3.05) is 16.8 Å². The molecule has 1 aliphatic rings. The van der Waals surface area contributed by atoms with Crippen molar-refractivity contribution >= 4 is 34.9 Å². The van der Waals surface area contributed by atoms with E-state index in [1.807, 2.05) is 19.9 Å². The summed E-state index contributed by atoms with van der Waals surface area (Å²) in [5.41, 5.74) is 0.718. The largest absolute Gasteiger partial charge is 0.312 e. The molecule has 7 heteroatoms. The Bertz CT molecular complexity index is 771. The predicted molar refractivity (Wildman–Crippen MR) is 93.2 cm³/mol. The molecule has 1 unspecified atom stereocenters. The third-order valence-corrected chi connectivity index (χ3v) is 4.26. The molecule has 0 aliphatic carbocycles. The van der Waals surface area contributed by atoms with Gasteiger partial charge < -0.3 is 10.2 Å². The Morgan fingerprint density at radius 3 is 2.88 bits per heavy atom. The van der Waals surface area contributed by atoms with Gasteiger partial charge in [-0.1, -0.05) is 17.7 Å². The van der Waals surface area contributed by atoms with E-state index in [0.29, 0.717) is 17.4 Å². The van der Waals surface area contributed by atoms with E-state index in [1.54, 1.807) is 40.0 Å². The van der Waals surface area contributed by atoms with Crippen LogP contribution in [-0.4, -0.2) is 28.1 Å². The zero-order valence-corrected chi connectivity index (χ0v) is 14.3. The van der Waals surface area contributed by atoms with Crippen LogP contribution in [0, 0.1) is 5.92 Å². The summed E-state index contributed by atoms with van der Waals surface area (Å²) in [7, 11) is 0. The number of hydrogen-bond donors (Lipinski definition) is 1. The van der Waals surface area contributed by atoms with Crippen LogP contribution in [0.3, 0.4) is 0 Å². The molecule has 24 heavy (non-hydrogen) atoms. The second-order valence-electron chi connectivity index (χ2n) is 6.13. The van der Waals surface area contributed by atoms with Crippen LogP contribution in [0.15, 0.2) is 36.5 Å². The normalized spacial score (nSPS) is 17.6. The monoisotopic (exact) mass is 346 g/mol. The maximum absolute atomic E-state index is 12.5. The third-order valence-electron chi connectivity index (χ3n) is 4.03. The Labute approximate surface area is 145 Å². The first-order valence-electron chi connectivity index (χ1n) is 7.86. The Morgan fingerprint density at radius 2 is 2.17 bits per heavy atom. The molecule has 1 aromatic heterocycles. The third kappa shape index (κ3) is 3.28. The fraction of sp³-hybridized carbons (Fsp3) is 0.353. The summed E-state index contributed by atoms with van der Waals surface area (Å²) in [6.07, 6.45) is 1.84. The molecule has 126 valence electrons. The van der Waals surface area contributed by atoms with E-state index in [4.69, 9.17) is 11.6 Å². The van der Waals surface area contributed by atoms with Crippen molar-refractivity contribution in [1.82, 2.24) is 9.78 Å². The van der Waals surface area contributed by atoms with Gasteiger partial charge in [0, 0.05) is 35.8 Å². The van der Waals surface area contributed by atoms with Gasteiger partial charge in [-0.25, -0.2) is 4.68 Å². The Morgan fingerprint density at radius 1 is 1.38 bits per heavy atom. The second-order valence-corrected chi connectivity index (χ2v) is 6.57. The zero-order valence-electron chi connectivity index (χ0n) is 13.6. The van der Waals surface area contributed by atoms with Crippen LogP contribution in [0.2, 0.25) is 5.02 Å². The van der Waals surface area contributed by atoms with Crippen molar-refractivity contribution in [3.63, 3.8) is 0 Å². The maximum atomic E-state index is 12.5. The van der Waals surface area contributed by atoms with Gasteiger partial charge in [0.15, 0.2) is 0 Å². The molecular formula is C17H19ClN4O2. The molecule has 1 atom stereocenters. The van der Waals surface area contributed by atoms with E-state index in [0.717, 1.165) is 5.69 Å². The summed E-state index contributed by atoms with van der Waals surface area (Å²) in [6, 6.07) is 8.99. The van der Waals surface area contributed by atoms with Crippen LogP contribution in [-0.2, 0) is 9.59 Å². The molecule has 0 radical (unpaired) electrons. The molecule has 1 fully saturated rings. The van der Waals surface area contributed by atoms with Gasteiger partial charge in [0.1, 0.15) is 5.82 Å². The van der Waals surface area contributed by atoms with Crippen molar-refractivity contribution in [3.05, 3.63) is 41.6 Å². The number of rotatable bonds is 4. The van der Waals surface area contributed by atoms with Crippen molar-refractivity contribution in [2.24, 2.45) is 5.92 Å². The molecule has 1 saturated heterocycles. The van der Waals surface area contributed by atoms with Crippen molar-refractivity contribution in [2.45, 2.75) is 26.3 Å². The fourth-order valence-corrected chi connectivity index (χ4v) is 3.01. The summed E-state index contributed by atoms with van der Waals surface area (Å²) >= 11 is 5.98. The van der Waals surface area contributed by atoms with Gasteiger partial charge in [-0.05, 0) is 32.0 Å². The lowest BCUT2D eigenvalue weighted by molar-refractivity contribution is -0.122. The van der Waals surface area contributed by atoms with Crippen LogP contribution in [0.1, 0.15) is 26.3 Å². The fourth-order valence-electron chi connectivity index (χ4n) is 2.83. The Kier molecular flexibility index (Phi) is 4.57. The van der Waals surface area contributed by atoms with E-state index in [9.17, 15) is 9.59 Å². The molecular weight excluding hydrogens is 328 g/mol. The molecule has 1 aromatic carbocycles. The number of nitrogens with zero attached hydrogens (tertiary/aromatic N) is 3. The second kappa shape index (κ2) is 6.65. The molecule has 0 spiro atoms. The minimum atomic E-state index is -0.396. The average Bonchev–Trinajstić information content (AvgIpc) is 3.14. The van der Waals surface area contributed by atoms with Crippen LogP contribution >= 0.6 is 11.6 Å². The van der Waals surface area contributed by atoms with Gasteiger partial charge in [-0.3, -0.25) is 9.59 Å². The smallest absolute Gasteiger partial charge is 0.230 e. The first kappa shape index (κ1) is 16.5. The summed E-state index contributed by atoms with van der Waals surface area (Å²) in [4.78, 5) is 26.4. The number of benzene rings is 1. The van der Waals surface area contributed by atoms with E-state index in [2.05, 4.69) is 10.4 Å². The molecule has 1 N–H and O–H groups in total. The minimum absolute atomic E-state index is 0.0743. The minimum Gasteiger partial charge on any atom is -0.312 e. The van der Waals surface area contributed by atoms with E-state index >= 15 is 0 Å². The van der Waals surface area contributed by atoms with Crippen LogP contribution in [0.5, 0.6) is 0 Å². The summed E-state index contributed by atoms with van der Waals surface area (Å²) in [5.74, 6) is 0.000658. The van der Waals surface area contributed by atoms with Gasteiger partial charge >= 0.3 is 0 Å². The molecule has 2 amide bonds.